The average molecular weight is 703 g/mol. The van der Waals surface area contributed by atoms with Gasteiger partial charge in [0.25, 0.3) is 0 Å². The standard InChI is InChI=1S/C52H34N2O/c1-4-14-35(15-5-1)37-24-27-41(28-25-37)53(42-29-30-45-44-22-12-13-23-47(44)54(48(45)34-42)40-19-8-3-9-20-40)49-33-39-18-10-11-21-43(39)51-46-32-38(36-16-6-2-7-17-36)26-31-50(46)55-52(49)51/h1-34H. The third kappa shape index (κ3) is 5.13. The van der Waals surface area contributed by atoms with E-state index in [-0.39, 0.29) is 0 Å². The normalized spacial score (nSPS) is 11.6. The summed E-state index contributed by atoms with van der Waals surface area (Å²) in [5.74, 6) is 0. The highest BCUT2D eigenvalue weighted by molar-refractivity contribution is 6.23. The lowest BCUT2D eigenvalue weighted by atomic mass is 9.98. The van der Waals surface area contributed by atoms with Gasteiger partial charge in [0.2, 0.25) is 0 Å². The van der Waals surface area contributed by atoms with Gasteiger partial charge in [0.1, 0.15) is 5.58 Å². The molecule has 0 saturated carbocycles. The monoisotopic (exact) mass is 702 g/mol. The van der Waals surface area contributed by atoms with E-state index in [0.29, 0.717) is 0 Å². The number of fused-ring (bicyclic) bond motifs is 8. The molecule has 2 aromatic heterocycles. The van der Waals surface area contributed by atoms with Crippen LogP contribution in [0.15, 0.2) is 211 Å². The van der Waals surface area contributed by atoms with Crippen molar-refractivity contribution in [3.63, 3.8) is 0 Å². The van der Waals surface area contributed by atoms with Crippen LogP contribution < -0.4 is 4.90 Å². The maximum Gasteiger partial charge on any atom is 0.160 e. The van der Waals surface area contributed by atoms with Gasteiger partial charge < -0.3 is 13.9 Å². The van der Waals surface area contributed by atoms with Crippen LogP contribution in [0.4, 0.5) is 17.1 Å². The summed E-state index contributed by atoms with van der Waals surface area (Å²) >= 11 is 0. The maximum absolute atomic E-state index is 6.98. The van der Waals surface area contributed by atoms with Crippen LogP contribution in [0.2, 0.25) is 0 Å². The molecule has 55 heavy (non-hydrogen) atoms. The minimum atomic E-state index is 0.856. The highest BCUT2D eigenvalue weighted by Gasteiger charge is 2.24. The van der Waals surface area contributed by atoms with E-state index in [1.165, 1.54) is 38.4 Å². The summed E-state index contributed by atoms with van der Waals surface area (Å²) in [6, 6.07) is 73.8. The van der Waals surface area contributed by atoms with Gasteiger partial charge in [-0.05, 0) is 93.7 Å². The molecule has 0 aliphatic carbocycles. The first kappa shape index (κ1) is 31.2. The van der Waals surface area contributed by atoms with E-state index in [0.717, 1.165) is 61.2 Å². The maximum atomic E-state index is 6.98. The Hall–Kier alpha value is -7.36. The zero-order chi connectivity index (χ0) is 36.3. The SMILES string of the molecule is c1ccc(-c2ccc(N(c3ccc4c5ccccc5n(-c5ccccc5)c4c3)c3cc4ccccc4c4c3oc3ccc(-c5ccccc5)cc34)cc2)cc1. The Balaban J connectivity index is 1.20. The minimum absolute atomic E-state index is 0.856. The zero-order valence-electron chi connectivity index (χ0n) is 29.9. The molecule has 258 valence electrons. The predicted molar refractivity (Wildman–Crippen MR) is 231 cm³/mol. The van der Waals surface area contributed by atoms with Crippen LogP contribution in [0.3, 0.4) is 0 Å². The quantitative estimate of drug-likeness (QED) is 0.172. The van der Waals surface area contributed by atoms with Crippen molar-refractivity contribution in [2.75, 3.05) is 4.90 Å². The molecule has 11 aromatic rings. The summed E-state index contributed by atoms with van der Waals surface area (Å²) in [6.07, 6.45) is 0. The summed E-state index contributed by atoms with van der Waals surface area (Å²) in [5.41, 5.74) is 13.0. The predicted octanol–water partition coefficient (Wildman–Crippen LogP) is 14.6. The van der Waals surface area contributed by atoms with E-state index >= 15 is 0 Å². The lowest BCUT2D eigenvalue weighted by Crippen LogP contribution is -2.10. The van der Waals surface area contributed by atoms with Gasteiger partial charge in [-0.15, -0.1) is 0 Å². The van der Waals surface area contributed by atoms with Crippen molar-refractivity contribution in [2.45, 2.75) is 0 Å². The Bertz CT molecular complexity index is 3180. The highest BCUT2D eigenvalue weighted by Crippen LogP contribution is 2.47. The molecule has 0 fully saturated rings. The van der Waals surface area contributed by atoms with Crippen molar-refractivity contribution < 1.29 is 4.42 Å². The molecule has 0 aliphatic rings. The first-order valence-corrected chi connectivity index (χ1v) is 18.8. The Morgan fingerprint density at radius 3 is 1.73 bits per heavy atom. The number of anilines is 3. The van der Waals surface area contributed by atoms with Crippen molar-refractivity contribution in [1.29, 1.82) is 0 Å². The summed E-state index contributed by atoms with van der Waals surface area (Å²) in [5, 5.41) is 6.99. The van der Waals surface area contributed by atoms with Crippen LogP contribution in [0.25, 0.3) is 82.5 Å². The number of furan rings is 1. The molecule has 0 aliphatic heterocycles. The third-order valence-electron chi connectivity index (χ3n) is 11.0. The lowest BCUT2D eigenvalue weighted by molar-refractivity contribution is 0.669. The topological polar surface area (TPSA) is 21.3 Å². The van der Waals surface area contributed by atoms with Crippen molar-refractivity contribution >= 4 is 71.6 Å². The fourth-order valence-electron chi connectivity index (χ4n) is 8.40. The van der Waals surface area contributed by atoms with Gasteiger partial charge >= 0.3 is 0 Å². The van der Waals surface area contributed by atoms with Gasteiger partial charge in [-0.3, -0.25) is 0 Å². The molecule has 0 N–H and O–H groups in total. The molecule has 0 atom stereocenters. The summed E-state index contributed by atoms with van der Waals surface area (Å²) in [4.78, 5) is 2.37. The Kier molecular flexibility index (Phi) is 7.17. The number of benzene rings is 9. The van der Waals surface area contributed by atoms with Crippen molar-refractivity contribution in [3.05, 3.63) is 206 Å². The van der Waals surface area contributed by atoms with Gasteiger partial charge in [0.15, 0.2) is 5.58 Å². The van der Waals surface area contributed by atoms with E-state index in [2.05, 4.69) is 216 Å². The third-order valence-corrected chi connectivity index (χ3v) is 11.0. The van der Waals surface area contributed by atoms with Gasteiger partial charge in [-0.2, -0.15) is 0 Å². The summed E-state index contributed by atoms with van der Waals surface area (Å²) in [7, 11) is 0. The number of rotatable bonds is 6. The largest absolute Gasteiger partial charge is 0.454 e. The van der Waals surface area contributed by atoms with Crippen LogP contribution in [-0.2, 0) is 0 Å². The minimum Gasteiger partial charge on any atom is -0.454 e. The van der Waals surface area contributed by atoms with Crippen LogP contribution in [0, 0.1) is 0 Å². The molecule has 9 aromatic carbocycles. The highest BCUT2D eigenvalue weighted by atomic mass is 16.3. The number of hydrogen-bond acceptors (Lipinski definition) is 2. The molecule has 11 rings (SSSR count). The summed E-state index contributed by atoms with van der Waals surface area (Å²) in [6.45, 7) is 0. The van der Waals surface area contributed by atoms with E-state index in [9.17, 15) is 0 Å². The second-order valence-corrected chi connectivity index (χ2v) is 14.1. The molecular weight excluding hydrogens is 669 g/mol. The fourth-order valence-corrected chi connectivity index (χ4v) is 8.40. The molecule has 0 saturated heterocycles. The van der Waals surface area contributed by atoms with Gasteiger partial charge in [-0.25, -0.2) is 0 Å². The fraction of sp³-hybridized carbons (Fsp3) is 0. The number of nitrogens with zero attached hydrogens (tertiary/aromatic N) is 2. The van der Waals surface area contributed by atoms with E-state index < -0.39 is 0 Å². The second-order valence-electron chi connectivity index (χ2n) is 14.1. The van der Waals surface area contributed by atoms with E-state index in [1.807, 2.05) is 0 Å². The Morgan fingerprint density at radius 2 is 0.964 bits per heavy atom. The molecule has 0 bridgehead atoms. The van der Waals surface area contributed by atoms with Crippen molar-refractivity contribution in [1.82, 2.24) is 4.57 Å². The molecule has 3 nitrogen and oxygen atoms in total. The van der Waals surface area contributed by atoms with Gasteiger partial charge in [-0.1, -0.05) is 146 Å². The number of aromatic nitrogens is 1. The van der Waals surface area contributed by atoms with Gasteiger partial charge in [0.05, 0.1) is 16.7 Å². The number of para-hydroxylation sites is 2. The van der Waals surface area contributed by atoms with Crippen LogP contribution >= 0.6 is 0 Å². The first-order chi connectivity index (χ1) is 27.3. The van der Waals surface area contributed by atoms with Crippen LogP contribution in [-0.4, -0.2) is 4.57 Å². The smallest absolute Gasteiger partial charge is 0.160 e. The average Bonchev–Trinajstić information content (AvgIpc) is 3.81. The molecule has 0 radical (unpaired) electrons. The first-order valence-electron chi connectivity index (χ1n) is 18.8. The molecule has 0 amide bonds. The zero-order valence-corrected chi connectivity index (χ0v) is 29.9. The molecule has 3 heteroatoms. The molecule has 0 spiro atoms. The van der Waals surface area contributed by atoms with Crippen LogP contribution in [0.5, 0.6) is 0 Å². The lowest BCUT2D eigenvalue weighted by Gasteiger charge is -2.26. The van der Waals surface area contributed by atoms with Crippen molar-refractivity contribution in [2.24, 2.45) is 0 Å². The Morgan fingerprint density at radius 1 is 0.382 bits per heavy atom. The van der Waals surface area contributed by atoms with E-state index in [1.54, 1.807) is 0 Å². The Labute approximate surface area is 318 Å². The summed E-state index contributed by atoms with van der Waals surface area (Å²) < 4.78 is 9.36. The second kappa shape index (κ2) is 12.6. The molecule has 0 unspecified atom stereocenters. The van der Waals surface area contributed by atoms with E-state index in [4.69, 9.17) is 4.42 Å². The molecular formula is C52H34N2O. The number of hydrogen-bond donors (Lipinski definition) is 0. The van der Waals surface area contributed by atoms with Crippen molar-refractivity contribution in [3.8, 4) is 27.9 Å². The van der Waals surface area contributed by atoms with Crippen LogP contribution in [0.1, 0.15) is 0 Å². The van der Waals surface area contributed by atoms with Gasteiger partial charge in [0, 0.05) is 38.6 Å². The molecule has 2 heterocycles.